The monoisotopic (exact) mass is 376 g/mol. The second kappa shape index (κ2) is 9.28. The molecule has 6 heteroatoms. The van der Waals surface area contributed by atoms with Crippen molar-refractivity contribution in [1.82, 2.24) is 10.6 Å². The van der Waals surface area contributed by atoms with Crippen molar-refractivity contribution in [2.75, 3.05) is 19.6 Å². The zero-order chi connectivity index (χ0) is 14.4. The van der Waals surface area contributed by atoms with E-state index < -0.39 is 6.10 Å². The third kappa shape index (κ3) is 5.85. The number of hydrogen-bond acceptors (Lipinski definition) is 3. The molecule has 1 fully saturated rings. The fourth-order valence-corrected chi connectivity index (χ4v) is 2.67. The van der Waals surface area contributed by atoms with E-state index in [0.29, 0.717) is 11.7 Å². The lowest BCUT2D eigenvalue weighted by Gasteiger charge is -2.16. The molecule has 4 nitrogen and oxygen atoms in total. The second-order valence-electron chi connectivity index (χ2n) is 5.13. The summed E-state index contributed by atoms with van der Waals surface area (Å²) in [6.45, 7) is 4.65. The number of benzene rings is 1. The highest BCUT2D eigenvalue weighted by molar-refractivity contribution is 9.10. The van der Waals surface area contributed by atoms with Crippen molar-refractivity contribution in [2.45, 2.75) is 25.9 Å². The molecule has 1 aromatic carbocycles. The largest absolute Gasteiger partial charge is 0.480 e. The summed E-state index contributed by atoms with van der Waals surface area (Å²) in [4.78, 5) is 12.0. The van der Waals surface area contributed by atoms with Gasteiger partial charge in [0, 0.05) is 6.54 Å². The second-order valence-corrected chi connectivity index (χ2v) is 5.98. The Kier molecular flexibility index (Phi) is 8.07. The van der Waals surface area contributed by atoms with E-state index in [4.69, 9.17) is 4.74 Å². The first-order valence-corrected chi connectivity index (χ1v) is 7.85. The molecule has 1 aliphatic heterocycles. The molecular weight excluding hydrogens is 356 g/mol. The van der Waals surface area contributed by atoms with E-state index in [1.54, 1.807) is 6.92 Å². The van der Waals surface area contributed by atoms with E-state index >= 15 is 0 Å². The molecule has 1 aliphatic rings. The first-order valence-electron chi connectivity index (χ1n) is 7.06. The van der Waals surface area contributed by atoms with Crippen LogP contribution in [-0.4, -0.2) is 31.6 Å². The maximum absolute atomic E-state index is 12.0. The average Bonchev–Trinajstić information content (AvgIpc) is 2.94. The van der Waals surface area contributed by atoms with Gasteiger partial charge in [0.2, 0.25) is 0 Å². The number of carbonyl (C=O) groups is 1. The highest BCUT2D eigenvalue weighted by Gasteiger charge is 2.17. The first-order chi connectivity index (χ1) is 9.66. The molecule has 2 atom stereocenters. The average molecular weight is 378 g/mol. The summed E-state index contributed by atoms with van der Waals surface area (Å²) >= 11 is 3.41. The molecule has 0 aliphatic carbocycles. The van der Waals surface area contributed by atoms with Crippen LogP contribution in [0.5, 0.6) is 5.75 Å². The summed E-state index contributed by atoms with van der Waals surface area (Å²) in [5.74, 6) is 1.32. The van der Waals surface area contributed by atoms with Gasteiger partial charge in [-0.2, -0.15) is 0 Å². The highest BCUT2D eigenvalue weighted by Crippen LogP contribution is 2.24. The Hall–Kier alpha value is -0.780. The molecule has 2 unspecified atom stereocenters. The van der Waals surface area contributed by atoms with Crippen molar-refractivity contribution in [3.8, 4) is 5.75 Å². The van der Waals surface area contributed by atoms with Crippen LogP contribution in [0.15, 0.2) is 28.7 Å². The van der Waals surface area contributed by atoms with E-state index in [-0.39, 0.29) is 18.3 Å². The van der Waals surface area contributed by atoms with Crippen molar-refractivity contribution in [1.29, 1.82) is 0 Å². The molecule has 0 aromatic heterocycles. The van der Waals surface area contributed by atoms with Crippen LogP contribution < -0.4 is 15.4 Å². The van der Waals surface area contributed by atoms with Crippen molar-refractivity contribution >= 4 is 34.2 Å². The van der Waals surface area contributed by atoms with Gasteiger partial charge in [0.25, 0.3) is 5.91 Å². The predicted molar refractivity (Wildman–Crippen MR) is 90.1 cm³/mol. The normalized spacial score (nSPS) is 18.7. The Morgan fingerprint density at radius 2 is 2.29 bits per heavy atom. The van der Waals surface area contributed by atoms with Crippen LogP contribution in [-0.2, 0) is 4.79 Å². The molecule has 1 heterocycles. The number of rotatable bonds is 6. The van der Waals surface area contributed by atoms with E-state index in [9.17, 15) is 4.79 Å². The molecule has 2 N–H and O–H groups in total. The molecule has 2 rings (SSSR count). The minimum atomic E-state index is -0.490. The van der Waals surface area contributed by atoms with Crippen LogP contribution in [0.2, 0.25) is 0 Å². The lowest BCUT2D eigenvalue weighted by molar-refractivity contribution is -0.127. The van der Waals surface area contributed by atoms with Gasteiger partial charge in [-0.05, 0) is 66.8 Å². The highest BCUT2D eigenvalue weighted by atomic mass is 79.9. The number of halogens is 2. The third-order valence-corrected chi connectivity index (χ3v) is 4.18. The Bertz CT molecular complexity index is 453. The van der Waals surface area contributed by atoms with E-state index in [0.717, 1.165) is 30.5 Å². The van der Waals surface area contributed by atoms with E-state index in [1.165, 1.54) is 6.42 Å². The molecule has 1 aromatic rings. The molecule has 0 radical (unpaired) electrons. The number of carbonyl (C=O) groups excluding carboxylic acids is 1. The van der Waals surface area contributed by atoms with Crippen molar-refractivity contribution in [2.24, 2.45) is 5.92 Å². The number of nitrogens with one attached hydrogen (secondary N) is 2. The quantitative estimate of drug-likeness (QED) is 0.801. The van der Waals surface area contributed by atoms with Gasteiger partial charge in [0.1, 0.15) is 5.75 Å². The third-order valence-electron chi connectivity index (χ3n) is 3.52. The van der Waals surface area contributed by atoms with Gasteiger partial charge >= 0.3 is 0 Å². The van der Waals surface area contributed by atoms with Crippen LogP contribution >= 0.6 is 28.3 Å². The summed E-state index contributed by atoms with van der Waals surface area (Å²) in [6, 6.07) is 7.54. The molecule has 21 heavy (non-hydrogen) atoms. The standard InChI is InChI=1S/C15H21BrN2O2.ClH/c1-11(20-14-5-3-2-4-13(14)16)15(19)18-9-7-12-6-8-17-10-12;/h2-5,11-12,17H,6-10H2,1H3,(H,18,19);1H. The summed E-state index contributed by atoms with van der Waals surface area (Å²) in [5, 5.41) is 6.27. The predicted octanol–water partition coefficient (Wildman–Crippen LogP) is 2.75. The Balaban J connectivity index is 0.00000220. The maximum atomic E-state index is 12.0. The van der Waals surface area contributed by atoms with Crippen LogP contribution in [0.3, 0.4) is 0 Å². The Labute approximate surface area is 140 Å². The number of hydrogen-bond donors (Lipinski definition) is 2. The topological polar surface area (TPSA) is 50.4 Å². The van der Waals surface area contributed by atoms with Gasteiger partial charge in [-0.15, -0.1) is 12.4 Å². The fraction of sp³-hybridized carbons (Fsp3) is 0.533. The van der Waals surface area contributed by atoms with E-state index in [2.05, 4.69) is 26.6 Å². The summed E-state index contributed by atoms with van der Waals surface area (Å²) < 4.78 is 6.52. The summed E-state index contributed by atoms with van der Waals surface area (Å²) in [5.41, 5.74) is 0. The van der Waals surface area contributed by atoms with Crippen LogP contribution in [0.1, 0.15) is 19.8 Å². The summed E-state index contributed by atoms with van der Waals surface area (Å²) in [6.07, 6.45) is 1.75. The summed E-state index contributed by atoms with van der Waals surface area (Å²) in [7, 11) is 0. The number of para-hydroxylation sites is 1. The molecule has 1 saturated heterocycles. The van der Waals surface area contributed by atoms with Gasteiger partial charge in [0.15, 0.2) is 6.10 Å². The smallest absolute Gasteiger partial charge is 0.260 e. The van der Waals surface area contributed by atoms with Gasteiger partial charge in [-0.3, -0.25) is 4.79 Å². The minimum absolute atomic E-state index is 0. The molecule has 1 amide bonds. The Morgan fingerprint density at radius 3 is 2.95 bits per heavy atom. The Morgan fingerprint density at radius 1 is 1.52 bits per heavy atom. The molecule has 0 bridgehead atoms. The molecular formula is C15H22BrClN2O2. The molecule has 118 valence electrons. The van der Waals surface area contributed by atoms with Gasteiger partial charge in [0.05, 0.1) is 4.47 Å². The molecule has 0 saturated carbocycles. The number of ether oxygens (including phenoxy) is 1. The zero-order valence-corrected chi connectivity index (χ0v) is 14.5. The molecule has 0 spiro atoms. The van der Waals surface area contributed by atoms with E-state index in [1.807, 2.05) is 24.3 Å². The lowest BCUT2D eigenvalue weighted by atomic mass is 10.1. The SMILES string of the molecule is CC(Oc1ccccc1Br)C(=O)NCCC1CCNC1.Cl. The van der Waals surface area contributed by atoms with Crippen molar-refractivity contribution < 1.29 is 9.53 Å². The zero-order valence-electron chi connectivity index (χ0n) is 12.1. The number of amides is 1. The van der Waals surface area contributed by atoms with Crippen molar-refractivity contribution in [3.05, 3.63) is 28.7 Å². The van der Waals surface area contributed by atoms with Crippen LogP contribution in [0.25, 0.3) is 0 Å². The fourth-order valence-electron chi connectivity index (χ4n) is 2.29. The van der Waals surface area contributed by atoms with Gasteiger partial charge in [-0.25, -0.2) is 0 Å². The lowest BCUT2D eigenvalue weighted by Crippen LogP contribution is -2.37. The van der Waals surface area contributed by atoms with Crippen molar-refractivity contribution in [3.63, 3.8) is 0 Å². The minimum Gasteiger partial charge on any atom is -0.480 e. The maximum Gasteiger partial charge on any atom is 0.260 e. The van der Waals surface area contributed by atoms with Crippen LogP contribution in [0.4, 0.5) is 0 Å². The van der Waals surface area contributed by atoms with Gasteiger partial charge in [-0.1, -0.05) is 12.1 Å². The first kappa shape index (κ1) is 18.3. The van der Waals surface area contributed by atoms with Crippen LogP contribution in [0, 0.1) is 5.92 Å². The van der Waals surface area contributed by atoms with Gasteiger partial charge < -0.3 is 15.4 Å².